The summed E-state index contributed by atoms with van der Waals surface area (Å²) in [6, 6.07) is 8.65. The number of amides is 1. The third-order valence-corrected chi connectivity index (χ3v) is 5.86. The van der Waals surface area contributed by atoms with Crippen LogP contribution in [0.4, 0.5) is 19.0 Å². The summed E-state index contributed by atoms with van der Waals surface area (Å²) in [5, 5.41) is 6.43. The molecule has 4 aromatic rings. The Morgan fingerprint density at radius 1 is 1.03 bits per heavy atom. The summed E-state index contributed by atoms with van der Waals surface area (Å²) in [6.45, 7) is 0. The number of pyridine rings is 2. The van der Waals surface area contributed by atoms with Gasteiger partial charge in [0.15, 0.2) is 5.69 Å². The molecule has 1 aliphatic rings. The zero-order valence-corrected chi connectivity index (χ0v) is 17.0. The van der Waals surface area contributed by atoms with Gasteiger partial charge in [0.1, 0.15) is 17.1 Å². The van der Waals surface area contributed by atoms with E-state index in [4.69, 9.17) is 0 Å². The van der Waals surface area contributed by atoms with E-state index in [2.05, 4.69) is 20.6 Å². The lowest BCUT2D eigenvalue weighted by molar-refractivity contribution is -0.140. The molecule has 5 rings (SSSR count). The second-order valence-electron chi connectivity index (χ2n) is 8.04. The maximum atomic E-state index is 13.0. The number of hydrogen-bond donors (Lipinski definition) is 2. The molecule has 10 heteroatoms. The van der Waals surface area contributed by atoms with E-state index in [0.29, 0.717) is 17.0 Å². The number of rotatable bonds is 4. The average molecular weight is 442 g/mol. The van der Waals surface area contributed by atoms with E-state index in [-0.39, 0.29) is 23.6 Å². The van der Waals surface area contributed by atoms with Crippen molar-refractivity contribution in [3.63, 3.8) is 0 Å². The van der Waals surface area contributed by atoms with Gasteiger partial charge in [0, 0.05) is 42.4 Å². The van der Waals surface area contributed by atoms with Crippen LogP contribution in [0.25, 0.3) is 11.3 Å². The molecule has 0 aliphatic heterocycles. The van der Waals surface area contributed by atoms with E-state index in [9.17, 15) is 18.0 Å². The Balaban J connectivity index is 1.20. The van der Waals surface area contributed by atoms with Crippen molar-refractivity contribution in [2.24, 2.45) is 0 Å². The lowest BCUT2D eigenvalue weighted by atomic mass is 9.91. The summed E-state index contributed by atoms with van der Waals surface area (Å²) in [5.41, 5.74) is 0.619. The number of nitrogens with one attached hydrogen (secondary N) is 2. The number of anilines is 1. The minimum absolute atomic E-state index is 0.0531. The van der Waals surface area contributed by atoms with Crippen molar-refractivity contribution in [1.82, 2.24) is 24.1 Å². The molecule has 1 fully saturated rings. The molecule has 0 aromatic carbocycles. The average Bonchev–Trinajstić information content (AvgIpc) is 3.42. The molecule has 32 heavy (non-hydrogen) atoms. The number of carbonyl (C=O) groups is 1. The third-order valence-electron chi connectivity index (χ3n) is 5.86. The van der Waals surface area contributed by atoms with Crippen molar-refractivity contribution < 1.29 is 18.0 Å². The van der Waals surface area contributed by atoms with Gasteiger partial charge in [0.2, 0.25) is 0 Å². The SMILES string of the molecule is O=C(N[C@H]1CC[C@@H](Nc2cccc3nc(C(F)(F)F)cn23)CC1)c1ccn2ccnc2c1. The minimum Gasteiger partial charge on any atom is -0.368 e. The minimum atomic E-state index is -4.48. The molecule has 1 amide bonds. The van der Waals surface area contributed by atoms with Crippen LogP contribution in [0.1, 0.15) is 41.7 Å². The number of aromatic nitrogens is 4. The molecule has 0 bridgehead atoms. The highest BCUT2D eigenvalue weighted by atomic mass is 19.4. The van der Waals surface area contributed by atoms with E-state index in [1.54, 1.807) is 42.7 Å². The third kappa shape index (κ3) is 4.00. The zero-order chi connectivity index (χ0) is 22.3. The van der Waals surface area contributed by atoms with Crippen LogP contribution in [0.15, 0.2) is 55.1 Å². The lowest BCUT2D eigenvalue weighted by Crippen LogP contribution is -2.40. The molecule has 1 saturated carbocycles. The summed E-state index contributed by atoms with van der Waals surface area (Å²) in [4.78, 5) is 20.5. The lowest BCUT2D eigenvalue weighted by Gasteiger charge is -2.30. The summed E-state index contributed by atoms with van der Waals surface area (Å²) in [6.07, 6.45) is 4.98. The van der Waals surface area contributed by atoms with Crippen molar-refractivity contribution in [2.45, 2.75) is 43.9 Å². The first-order chi connectivity index (χ1) is 15.4. The molecule has 2 N–H and O–H groups in total. The summed E-state index contributed by atoms with van der Waals surface area (Å²) < 4.78 is 42.3. The number of imidazole rings is 2. The van der Waals surface area contributed by atoms with Crippen molar-refractivity contribution in [2.75, 3.05) is 5.32 Å². The number of fused-ring (bicyclic) bond motifs is 2. The van der Waals surface area contributed by atoms with E-state index in [1.807, 2.05) is 10.6 Å². The van der Waals surface area contributed by atoms with Crippen LogP contribution in [0.3, 0.4) is 0 Å². The topological polar surface area (TPSA) is 75.7 Å². The predicted molar refractivity (Wildman–Crippen MR) is 113 cm³/mol. The zero-order valence-electron chi connectivity index (χ0n) is 17.0. The van der Waals surface area contributed by atoms with Crippen LogP contribution >= 0.6 is 0 Å². The van der Waals surface area contributed by atoms with Gasteiger partial charge in [-0.05, 0) is 49.9 Å². The molecule has 4 aromatic heterocycles. The normalized spacial score (nSPS) is 19.3. The number of hydrogen-bond acceptors (Lipinski definition) is 4. The first-order valence-corrected chi connectivity index (χ1v) is 10.4. The molecule has 0 unspecified atom stereocenters. The molecule has 1 aliphatic carbocycles. The highest BCUT2D eigenvalue weighted by molar-refractivity contribution is 5.95. The van der Waals surface area contributed by atoms with Crippen molar-refractivity contribution in [1.29, 1.82) is 0 Å². The Hall–Kier alpha value is -3.56. The second kappa shape index (κ2) is 7.85. The van der Waals surface area contributed by atoms with E-state index >= 15 is 0 Å². The second-order valence-corrected chi connectivity index (χ2v) is 8.04. The summed E-state index contributed by atoms with van der Waals surface area (Å²) in [5.74, 6) is 0.445. The van der Waals surface area contributed by atoms with Crippen LogP contribution in [0.5, 0.6) is 0 Å². The Bertz CT molecular complexity index is 1270. The Morgan fingerprint density at radius 2 is 1.81 bits per heavy atom. The van der Waals surface area contributed by atoms with Crippen LogP contribution < -0.4 is 10.6 Å². The van der Waals surface area contributed by atoms with E-state index < -0.39 is 11.9 Å². The number of carbonyl (C=O) groups excluding carboxylic acids is 1. The highest BCUT2D eigenvalue weighted by Gasteiger charge is 2.34. The van der Waals surface area contributed by atoms with Crippen LogP contribution in [-0.4, -0.2) is 36.8 Å². The Morgan fingerprint density at radius 3 is 2.59 bits per heavy atom. The first-order valence-electron chi connectivity index (χ1n) is 10.4. The van der Waals surface area contributed by atoms with Gasteiger partial charge < -0.3 is 15.0 Å². The fourth-order valence-electron chi connectivity index (χ4n) is 4.18. The van der Waals surface area contributed by atoms with Gasteiger partial charge in [-0.1, -0.05) is 6.07 Å². The highest BCUT2D eigenvalue weighted by Crippen LogP contribution is 2.30. The van der Waals surface area contributed by atoms with E-state index in [1.165, 1.54) is 4.40 Å². The first kappa shape index (κ1) is 20.3. The Labute approximate surface area is 181 Å². The molecule has 0 spiro atoms. The molecule has 4 heterocycles. The largest absolute Gasteiger partial charge is 0.434 e. The maximum absolute atomic E-state index is 13.0. The van der Waals surface area contributed by atoms with Crippen LogP contribution in [0.2, 0.25) is 0 Å². The smallest absolute Gasteiger partial charge is 0.368 e. The van der Waals surface area contributed by atoms with Gasteiger partial charge in [0.05, 0.1) is 0 Å². The van der Waals surface area contributed by atoms with Gasteiger partial charge in [-0.25, -0.2) is 9.97 Å². The fourth-order valence-corrected chi connectivity index (χ4v) is 4.18. The van der Waals surface area contributed by atoms with Gasteiger partial charge in [0.25, 0.3) is 5.91 Å². The Kier molecular flexibility index (Phi) is 4.99. The van der Waals surface area contributed by atoms with Gasteiger partial charge >= 0.3 is 6.18 Å². The number of halogens is 3. The quantitative estimate of drug-likeness (QED) is 0.498. The number of alkyl halides is 3. The molecule has 0 saturated heterocycles. The van der Waals surface area contributed by atoms with Crippen LogP contribution in [0, 0.1) is 0 Å². The standard InChI is InChI=1S/C22H21F3N6O/c23-22(24,25)17-13-31-18(2-1-3-19(31)29-17)27-15-4-6-16(7-5-15)28-21(32)14-8-10-30-11-9-26-20(30)12-14/h1-3,8-13,15-16,27H,4-7H2,(H,28,32)/t15-,16+. The van der Waals surface area contributed by atoms with Crippen LogP contribution in [-0.2, 0) is 6.18 Å². The number of nitrogens with zero attached hydrogens (tertiary/aromatic N) is 4. The fraction of sp³-hybridized carbons (Fsp3) is 0.318. The molecule has 0 radical (unpaired) electrons. The van der Waals surface area contributed by atoms with E-state index in [0.717, 1.165) is 31.9 Å². The van der Waals surface area contributed by atoms with Crippen molar-refractivity contribution in [3.05, 3.63) is 66.4 Å². The summed E-state index contributed by atoms with van der Waals surface area (Å²) in [7, 11) is 0. The molecular weight excluding hydrogens is 421 g/mol. The van der Waals surface area contributed by atoms with Gasteiger partial charge in [-0.3, -0.25) is 9.20 Å². The monoisotopic (exact) mass is 442 g/mol. The summed E-state index contributed by atoms with van der Waals surface area (Å²) >= 11 is 0. The molecular formula is C22H21F3N6O. The molecule has 0 atom stereocenters. The van der Waals surface area contributed by atoms with Crippen molar-refractivity contribution in [3.8, 4) is 0 Å². The predicted octanol–water partition coefficient (Wildman–Crippen LogP) is 4.15. The van der Waals surface area contributed by atoms with Gasteiger partial charge in [-0.15, -0.1) is 0 Å². The van der Waals surface area contributed by atoms with Gasteiger partial charge in [-0.2, -0.15) is 13.2 Å². The molecule has 166 valence electrons. The van der Waals surface area contributed by atoms with Crippen molar-refractivity contribution >= 4 is 23.0 Å². The molecule has 7 nitrogen and oxygen atoms in total. The maximum Gasteiger partial charge on any atom is 0.434 e.